The minimum Gasteiger partial charge on any atom is -0.325 e. The van der Waals surface area contributed by atoms with Crippen LogP contribution in [0, 0.1) is 0 Å². The van der Waals surface area contributed by atoms with Gasteiger partial charge in [0.2, 0.25) is 5.91 Å². The maximum Gasteiger partial charge on any atom is 0.417 e. The first-order valence-corrected chi connectivity index (χ1v) is 8.19. The van der Waals surface area contributed by atoms with E-state index in [0.717, 1.165) is 28.5 Å². The lowest BCUT2D eigenvalue weighted by atomic mass is 10.3. The molecule has 0 radical (unpaired) electrons. The molecule has 0 spiro atoms. The molecule has 8 heteroatoms. The summed E-state index contributed by atoms with van der Waals surface area (Å²) < 4.78 is 38.2. The van der Waals surface area contributed by atoms with Crippen molar-refractivity contribution < 1.29 is 18.0 Å². The molecule has 1 N–H and O–H groups in total. The van der Waals surface area contributed by atoms with Crippen molar-refractivity contribution in [3.05, 3.63) is 52.6 Å². The highest BCUT2D eigenvalue weighted by Crippen LogP contribution is 2.30. The molecule has 3 nitrogen and oxygen atoms in total. The topological polar surface area (TPSA) is 42.0 Å². The van der Waals surface area contributed by atoms with Crippen LogP contribution in [-0.4, -0.2) is 16.1 Å². The Balaban J connectivity index is 1.98. The van der Waals surface area contributed by atoms with Crippen LogP contribution in [0.4, 0.5) is 18.9 Å². The van der Waals surface area contributed by atoms with E-state index in [4.69, 9.17) is 0 Å². The van der Waals surface area contributed by atoms with Gasteiger partial charge in [0, 0.05) is 16.4 Å². The lowest BCUT2D eigenvalue weighted by Crippen LogP contribution is -2.22. The normalized spacial score (nSPS) is 12.7. The van der Waals surface area contributed by atoms with Gasteiger partial charge in [0.05, 0.1) is 15.8 Å². The number of amides is 1. The molecule has 0 aliphatic carbocycles. The highest BCUT2D eigenvalue weighted by Gasteiger charge is 2.30. The van der Waals surface area contributed by atoms with Crippen LogP contribution < -0.4 is 5.32 Å². The largest absolute Gasteiger partial charge is 0.417 e. The second-order valence-corrected chi connectivity index (χ2v) is 6.92. The van der Waals surface area contributed by atoms with Gasteiger partial charge in [-0.1, -0.05) is 33.8 Å². The Morgan fingerprint density at radius 2 is 2.04 bits per heavy atom. The first kappa shape index (κ1) is 17.8. The van der Waals surface area contributed by atoms with Crippen LogP contribution in [0.3, 0.4) is 0 Å². The van der Waals surface area contributed by atoms with Crippen molar-refractivity contribution in [2.75, 3.05) is 5.32 Å². The Bertz CT molecular complexity index is 692. The number of benzene rings is 1. The van der Waals surface area contributed by atoms with Crippen molar-refractivity contribution in [2.24, 2.45) is 0 Å². The number of hydrogen-bond donors (Lipinski definition) is 1. The fourth-order valence-corrected chi connectivity index (χ4v) is 2.85. The fourth-order valence-electron chi connectivity index (χ4n) is 1.66. The maximum atomic E-state index is 12.5. The molecule has 1 amide bonds. The van der Waals surface area contributed by atoms with Crippen LogP contribution in [0.25, 0.3) is 0 Å². The summed E-state index contributed by atoms with van der Waals surface area (Å²) in [6.07, 6.45) is -3.65. The molecule has 1 heterocycles. The van der Waals surface area contributed by atoms with Gasteiger partial charge >= 0.3 is 6.18 Å². The summed E-state index contributed by atoms with van der Waals surface area (Å²) in [6, 6.07) is 9.33. The SMILES string of the molecule is CC(Sc1ccc(C(F)(F)F)cn1)C(=O)Nc1cccc(Br)c1. The van der Waals surface area contributed by atoms with E-state index in [9.17, 15) is 18.0 Å². The summed E-state index contributed by atoms with van der Waals surface area (Å²) >= 11 is 4.40. The fraction of sp³-hybridized carbons (Fsp3) is 0.200. The van der Waals surface area contributed by atoms with Gasteiger partial charge in [-0.25, -0.2) is 4.98 Å². The van der Waals surface area contributed by atoms with Gasteiger partial charge < -0.3 is 5.32 Å². The number of carbonyl (C=O) groups excluding carboxylic acids is 1. The molecule has 0 bridgehead atoms. The van der Waals surface area contributed by atoms with E-state index in [0.29, 0.717) is 10.7 Å². The number of aromatic nitrogens is 1. The summed E-state index contributed by atoms with van der Waals surface area (Å²) in [5, 5.41) is 2.60. The number of pyridine rings is 1. The second kappa shape index (κ2) is 7.35. The van der Waals surface area contributed by atoms with E-state index >= 15 is 0 Å². The number of rotatable bonds is 4. The van der Waals surface area contributed by atoms with Gasteiger partial charge in [-0.15, -0.1) is 0 Å². The highest BCUT2D eigenvalue weighted by atomic mass is 79.9. The van der Waals surface area contributed by atoms with E-state index in [1.165, 1.54) is 6.07 Å². The summed E-state index contributed by atoms with van der Waals surface area (Å²) in [7, 11) is 0. The molecule has 2 aromatic rings. The van der Waals surface area contributed by atoms with Crippen LogP contribution in [0.15, 0.2) is 52.1 Å². The smallest absolute Gasteiger partial charge is 0.325 e. The van der Waals surface area contributed by atoms with E-state index in [2.05, 4.69) is 26.2 Å². The number of halogens is 4. The number of nitrogens with zero attached hydrogens (tertiary/aromatic N) is 1. The number of hydrogen-bond acceptors (Lipinski definition) is 3. The van der Waals surface area contributed by atoms with Crippen LogP contribution in [0.5, 0.6) is 0 Å². The summed E-state index contributed by atoms with van der Waals surface area (Å²) in [5.74, 6) is -0.255. The lowest BCUT2D eigenvalue weighted by molar-refractivity contribution is -0.137. The Kier molecular flexibility index (Phi) is 5.69. The zero-order valence-corrected chi connectivity index (χ0v) is 14.3. The molecule has 2 rings (SSSR count). The predicted octanol–water partition coefficient (Wildman–Crippen LogP) is 4.98. The Morgan fingerprint density at radius 3 is 2.61 bits per heavy atom. The first-order chi connectivity index (χ1) is 10.8. The summed E-state index contributed by atoms with van der Waals surface area (Å²) in [5.41, 5.74) is -0.176. The molecule has 0 saturated heterocycles. The van der Waals surface area contributed by atoms with Gasteiger partial charge in [0.25, 0.3) is 0 Å². The molecule has 0 aliphatic heterocycles. The highest BCUT2D eigenvalue weighted by molar-refractivity contribution is 9.10. The molecule has 1 atom stereocenters. The molecular formula is C15H12BrF3N2OS. The minimum atomic E-state index is -4.42. The summed E-state index contributed by atoms with van der Waals surface area (Å²) in [6.45, 7) is 1.66. The van der Waals surface area contributed by atoms with Crippen LogP contribution in [-0.2, 0) is 11.0 Å². The van der Waals surface area contributed by atoms with E-state index in [1.807, 2.05) is 6.07 Å². The molecule has 0 aliphatic rings. The summed E-state index contributed by atoms with van der Waals surface area (Å²) in [4.78, 5) is 15.8. The number of thioether (sulfide) groups is 1. The molecule has 0 saturated carbocycles. The first-order valence-electron chi connectivity index (χ1n) is 6.52. The van der Waals surface area contributed by atoms with E-state index in [-0.39, 0.29) is 5.91 Å². The van der Waals surface area contributed by atoms with Crippen molar-refractivity contribution in [3.8, 4) is 0 Å². The molecule has 122 valence electrons. The molecular weight excluding hydrogens is 393 g/mol. The van der Waals surface area contributed by atoms with Crippen LogP contribution >= 0.6 is 27.7 Å². The average molecular weight is 405 g/mol. The van der Waals surface area contributed by atoms with Crippen molar-refractivity contribution in [1.29, 1.82) is 0 Å². The predicted molar refractivity (Wildman–Crippen MR) is 87.3 cm³/mol. The van der Waals surface area contributed by atoms with E-state index in [1.54, 1.807) is 25.1 Å². The number of anilines is 1. The van der Waals surface area contributed by atoms with Crippen molar-refractivity contribution >= 4 is 39.3 Å². The maximum absolute atomic E-state index is 12.5. The van der Waals surface area contributed by atoms with Crippen molar-refractivity contribution in [1.82, 2.24) is 4.98 Å². The average Bonchev–Trinajstić information content (AvgIpc) is 2.46. The zero-order chi connectivity index (χ0) is 17.0. The standard InChI is InChI=1S/C15H12BrF3N2OS/c1-9(14(22)21-12-4-2-3-11(16)7-12)23-13-6-5-10(8-20-13)15(17,18)19/h2-9H,1H3,(H,21,22). The Labute approximate surface area is 143 Å². The van der Waals surface area contributed by atoms with Crippen LogP contribution in [0.1, 0.15) is 12.5 Å². The Morgan fingerprint density at radius 1 is 1.30 bits per heavy atom. The second-order valence-electron chi connectivity index (χ2n) is 4.64. The molecule has 1 unspecified atom stereocenters. The van der Waals surface area contributed by atoms with Crippen LogP contribution in [0.2, 0.25) is 0 Å². The minimum absolute atomic E-state index is 0.255. The molecule has 1 aromatic carbocycles. The number of nitrogens with one attached hydrogen (secondary N) is 1. The monoisotopic (exact) mass is 404 g/mol. The van der Waals surface area contributed by atoms with Gasteiger partial charge in [-0.3, -0.25) is 4.79 Å². The van der Waals surface area contributed by atoms with E-state index < -0.39 is 17.0 Å². The lowest BCUT2D eigenvalue weighted by Gasteiger charge is -2.12. The zero-order valence-electron chi connectivity index (χ0n) is 11.9. The molecule has 23 heavy (non-hydrogen) atoms. The Hall–Kier alpha value is -1.54. The third-order valence-corrected chi connectivity index (χ3v) is 4.37. The van der Waals surface area contributed by atoms with Gasteiger partial charge in [-0.05, 0) is 37.3 Å². The van der Waals surface area contributed by atoms with Gasteiger partial charge in [-0.2, -0.15) is 13.2 Å². The van der Waals surface area contributed by atoms with Crippen molar-refractivity contribution in [2.45, 2.75) is 23.4 Å². The molecule has 1 aromatic heterocycles. The quantitative estimate of drug-likeness (QED) is 0.730. The number of carbonyl (C=O) groups is 1. The van der Waals surface area contributed by atoms with Crippen molar-refractivity contribution in [3.63, 3.8) is 0 Å². The van der Waals surface area contributed by atoms with Gasteiger partial charge in [0.15, 0.2) is 0 Å². The third kappa shape index (κ3) is 5.24. The molecule has 0 fully saturated rings. The number of alkyl halides is 3. The van der Waals surface area contributed by atoms with Gasteiger partial charge in [0.1, 0.15) is 0 Å². The third-order valence-electron chi connectivity index (χ3n) is 2.82.